The number of likely N-dealkylation sites (N-methyl/N-ethyl adjacent to an activating group) is 1. The summed E-state index contributed by atoms with van der Waals surface area (Å²) in [7, 11) is -2.55. The molecule has 0 saturated carbocycles. The molecule has 0 heterocycles. The third-order valence-corrected chi connectivity index (χ3v) is 8.12. The van der Waals surface area contributed by atoms with Gasteiger partial charge in [-0.05, 0) is 56.2 Å². The van der Waals surface area contributed by atoms with Crippen LogP contribution in [0.15, 0.2) is 83.8 Å². The Morgan fingerprint density at radius 2 is 1.50 bits per heavy atom. The number of nitrogens with zero attached hydrogens (tertiary/aromatic N) is 2. The van der Waals surface area contributed by atoms with Crippen molar-refractivity contribution >= 4 is 33.4 Å². The van der Waals surface area contributed by atoms with Crippen LogP contribution in [-0.4, -0.2) is 55.1 Å². The highest BCUT2D eigenvalue weighted by Gasteiger charge is 2.33. The molecule has 2 amide bonds. The first-order chi connectivity index (χ1) is 18.0. The largest absolute Gasteiger partial charge is 0.352 e. The molecule has 0 aliphatic heterocycles. The van der Waals surface area contributed by atoms with Gasteiger partial charge in [0, 0.05) is 31.1 Å². The lowest BCUT2D eigenvalue weighted by atomic mass is 10.0. The lowest BCUT2D eigenvalue weighted by Gasteiger charge is -2.33. The van der Waals surface area contributed by atoms with Gasteiger partial charge in [-0.3, -0.25) is 9.59 Å². The topological polar surface area (TPSA) is 86.8 Å². The number of benzene rings is 3. The van der Waals surface area contributed by atoms with Crippen LogP contribution in [0.25, 0.3) is 0 Å². The number of halogens is 1. The molecule has 0 saturated heterocycles. The molecule has 0 unspecified atom stereocenters. The van der Waals surface area contributed by atoms with Crippen molar-refractivity contribution in [2.24, 2.45) is 0 Å². The minimum Gasteiger partial charge on any atom is -0.352 e. The van der Waals surface area contributed by atoms with Crippen LogP contribution in [-0.2, 0) is 32.6 Å². The molecule has 0 aliphatic carbocycles. The highest BCUT2D eigenvalue weighted by Crippen LogP contribution is 2.19. The van der Waals surface area contributed by atoms with E-state index in [0.29, 0.717) is 5.02 Å². The number of carbonyl (C=O) groups is 2. The Hall–Kier alpha value is -3.20. The molecule has 1 N–H and O–H groups in total. The third kappa shape index (κ3) is 7.90. The van der Waals surface area contributed by atoms with Gasteiger partial charge in [0.25, 0.3) is 0 Å². The highest BCUT2D eigenvalue weighted by atomic mass is 35.5. The predicted octanol–water partition coefficient (Wildman–Crippen LogP) is 4.43. The highest BCUT2D eigenvalue weighted by molar-refractivity contribution is 7.89. The molecule has 0 radical (unpaired) electrons. The lowest BCUT2D eigenvalue weighted by Crippen LogP contribution is -2.53. The number of amides is 2. The normalized spacial score (nSPS) is 12.4. The standard InChI is InChI=1S/C29H34ClN3O4S/c1-21(2)31-29(35)27(18-23-8-6-5-7-9-23)33(19-24-12-14-25(30)15-13-24)28(34)20-32(4)38(36,37)26-16-10-22(3)11-17-26/h5-17,21,27H,18-20H2,1-4H3,(H,31,35)/t27-/m0/s1. The van der Waals surface area contributed by atoms with Crippen molar-refractivity contribution in [2.45, 2.75) is 50.7 Å². The summed E-state index contributed by atoms with van der Waals surface area (Å²) < 4.78 is 27.4. The summed E-state index contributed by atoms with van der Waals surface area (Å²) >= 11 is 6.06. The maximum Gasteiger partial charge on any atom is 0.243 e. The van der Waals surface area contributed by atoms with Crippen molar-refractivity contribution in [1.29, 1.82) is 0 Å². The maximum absolute atomic E-state index is 13.8. The molecule has 0 aliphatic rings. The van der Waals surface area contributed by atoms with E-state index in [0.717, 1.165) is 21.0 Å². The number of sulfonamides is 1. The van der Waals surface area contributed by atoms with Gasteiger partial charge in [0.2, 0.25) is 21.8 Å². The minimum absolute atomic E-state index is 0.0982. The zero-order valence-corrected chi connectivity index (χ0v) is 23.7. The summed E-state index contributed by atoms with van der Waals surface area (Å²) in [6.45, 7) is 5.25. The third-order valence-electron chi connectivity index (χ3n) is 6.06. The molecule has 0 spiro atoms. The van der Waals surface area contributed by atoms with Crippen molar-refractivity contribution < 1.29 is 18.0 Å². The Bertz CT molecular complexity index is 1330. The van der Waals surface area contributed by atoms with Crippen LogP contribution in [0.5, 0.6) is 0 Å². The van der Waals surface area contributed by atoms with Gasteiger partial charge in [-0.2, -0.15) is 4.31 Å². The monoisotopic (exact) mass is 555 g/mol. The summed E-state index contributed by atoms with van der Waals surface area (Å²) in [5.41, 5.74) is 2.57. The van der Waals surface area contributed by atoms with Crippen LogP contribution < -0.4 is 5.32 Å². The van der Waals surface area contributed by atoms with Gasteiger partial charge in [-0.15, -0.1) is 0 Å². The van der Waals surface area contributed by atoms with Crippen LogP contribution in [0.1, 0.15) is 30.5 Å². The number of aryl methyl sites for hydroxylation is 1. The summed E-state index contributed by atoms with van der Waals surface area (Å²) in [5, 5.41) is 3.47. The molecule has 3 rings (SSSR count). The summed E-state index contributed by atoms with van der Waals surface area (Å²) in [6.07, 6.45) is 0.271. The van der Waals surface area contributed by atoms with Crippen molar-refractivity contribution in [3.8, 4) is 0 Å². The predicted molar refractivity (Wildman–Crippen MR) is 150 cm³/mol. The fourth-order valence-corrected chi connectivity index (χ4v) is 5.22. The Morgan fingerprint density at radius 1 is 0.895 bits per heavy atom. The van der Waals surface area contributed by atoms with Gasteiger partial charge in [-0.25, -0.2) is 8.42 Å². The van der Waals surface area contributed by atoms with E-state index in [1.54, 1.807) is 36.4 Å². The van der Waals surface area contributed by atoms with Gasteiger partial charge in [0.05, 0.1) is 11.4 Å². The van der Waals surface area contributed by atoms with E-state index in [4.69, 9.17) is 11.6 Å². The molecule has 9 heteroatoms. The second-order valence-corrected chi connectivity index (χ2v) is 12.1. The molecule has 38 heavy (non-hydrogen) atoms. The molecule has 3 aromatic carbocycles. The molecule has 3 aromatic rings. The van der Waals surface area contributed by atoms with Crippen LogP contribution in [0.3, 0.4) is 0 Å². The van der Waals surface area contributed by atoms with Gasteiger partial charge in [-0.1, -0.05) is 71.8 Å². The van der Waals surface area contributed by atoms with E-state index in [2.05, 4.69) is 5.32 Å². The number of carbonyl (C=O) groups excluding carboxylic acids is 2. The Balaban J connectivity index is 1.96. The number of hydrogen-bond donors (Lipinski definition) is 1. The zero-order valence-electron chi connectivity index (χ0n) is 22.1. The Kier molecular flexibility index (Phi) is 10.1. The molecule has 7 nitrogen and oxygen atoms in total. The quantitative estimate of drug-likeness (QED) is 0.379. The second-order valence-electron chi connectivity index (χ2n) is 9.59. The van der Waals surface area contributed by atoms with Gasteiger partial charge < -0.3 is 10.2 Å². The average Bonchev–Trinajstić information content (AvgIpc) is 2.87. The summed E-state index contributed by atoms with van der Waals surface area (Å²) in [6, 6.07) is 21.9. The van der Waals surface area contributed by atoms with E-state index in [-0.39, 0.29) is 29.8 Å². The van der Waals surface area contributed by atoms with E-state index in [1.165, 1.54) is 24.1 Å². The summed E-state index contributed by atoms with van der Waals surface area (Å²) in [4.78, 5) is 28.8. The molecule has 1 atom stereocenters. The van der Waals surface area contributed by atoms with Gasteiger partial charge in [0.15, 0.2) is 0 Å². The van der Waals surface area contributed by atoms with Gasteiger partial charge in [0.1, 0.15) is 6.04 Å². The van der Waals surface area contributed by atoms with E-state index < -0.39 is 28.5 Å². The van der Waals surface area contributed by atoms with Crippen LogP contribution in [0.4, 0.5) is 0 Å². The van der Waals surface area contributed by atoms with Crippen LogP contribution >= 0.6 is 11.6 Å². The van der Waals surface area contributed by atoms with E-state index >= 15 is 0 Å². The first kappa shape index (κ1) is 29.4. The fourth-order valence-electron chi connectivity index (χ4n) is 3.98. The second kappa shape index (κ2) is 13.0. The van der Waals surface area contributed by atoms with Crippen LogP contribution in [0.2, 0.25) is 5.02 Å². The number of hydrogen-bond acceptors (Lipinski definition) is 4. The smallest absolute Gasteiger partial charge is 0.243 e. The first-order valence-corrected chi connectivity index (χ1v) is 14.2. The maximum atomic E-state index is 13.8. The Morgan fingerprint density at radius 3 is 2.08 bits per heavy atom. The average molecular weight is 556 g/mol. The van der Waals surface area contributed by atoms with Crippen molar-refractivity contribution in [3.63, 3.8) is 0 Å². The molecule has 0 fully saturated rings. The molecule has 0 bridgehead atoms. The van der Waals surface area contributed by atoms with Crippen molar-refractivity contribution in [3.05, 3.63) is 101 Å². The Labute approximate surface area is 230 Å². The number of nitrogens with one attached hydrogen (secondary N) is 1. The molecular weight excluding hydrogens is 522 g/mol. The zero-order chi connectivity index (χ0) is 27.9. The van der Waals surface area contributed by atoms with Crippen molar-refractivity contribution in [2.75, 3.05) is 13.6 Å². The number of rotatable bonds is 11. The first-order valence-electron chi connectivity index (χ1n) is 12.4. The molecule has 202 valence electrons. The van der Waals surface area contributed by atoms with Crippen molar-refractivity contribution in [1.82, 2.24) is 14.5 Å². The minimum atomic E-state index is -3.92. The molecular formula is C29H34ClN3O4S. The van der Waals surface area contributed by atoms with Gasteiger partial charge >= 0.3 is 0 Å². The van der Waals surface area contributed by atoms with Crippen LogP contribution in [0, 0.1) is 6.92 Å². The fraction of sp³-hybridized carbons (Fsp3) is 0.310. The SMILES string of the molecule is Cc1ccc(S(=O)(=O)N(C)CC(=O)N(Cc2ccc(Cl)cc2)[C@@H](Cc2ccccc2)C(=O)NC(C)C)cc1. The summed E-state index contributed by atoms with van der Waals surface area (Å²) in [5.74, 6) is -0.798. The van der Waals surface area contributed by atoms with E-state index in [9.17, 15) is 18.0 Å². The lowest BCUT2D eigenvalue weighted by molar-refractivity contribution is -0.141. The molecule has 0 aromatic heterocycles. The van der Waals surface area contributed by atoms with E-state index in [1.807, 2.05) is 51.1 Å².